The Morgan fingerprint density at radius 2 is 2.22 bits per heavy atom. The van der Waals surface area contributed by atoms with Gasteiger partial charge in [-0.15, -0.1) is 0 Å². The summed E-state index contributed by atoms with van der Waals surface area (Å²) in [6, 6.07) is 5.94. The largest absolute Gasteiger partial charge is 0.381 e. The Labute approximate surface area is 113 Å². The second-order valence-corrected chi connectivity index (χ2v) is 6.09. The molecule has 1 fully saturated rings. The number of hydrogen-bond donors (Lipinski definition) is 1. The Balaban J connectivity index is 2.03. The summed E-state index contributed by atoms with van der Waals surface area (Å²) in [5.74, 6) is 0. The fourth-order valence-electron chi connectivity index (χ4n) is 2.54. The molecule has 0 atom stereocenters. The highest BCUT2D eigenvalue weighted by atomic mass is 32.2. The molecule has 0 saturated heterocycles. The average Bonchev–Trinajstić information content (AvgIpc) is 2.46. The van der Waals surface area contributed by atoms with Gasteiger partial charge in [-0.1, -0.05) is 19.3 Å². The van der Waals surface area contributed by atoms with E-state index in [-0.39, 0.29) is 0 Å². The van der Waals surface area contributed by atoms with Crippen LogP contribution in [-0.2, 0) is 0 Å². The maximum Gasteiger partial charge on any atom is 0.163 e. The van der Waals surface area contributed by atoms with Crippen LogP contribution < -0.4 is 5.32 Å². The molecule has 0 radical (unpaired) electrons. The first kappa shape index (κ1) is 13.2. The van der Waals surface area contributed by atoms with E-state index in [2.05, 4.69) is 22.6 Å². The summed E-state index contributed by atoms with van der Waals surface area (Å²) >= 11 is 1.96. The molecular formula is C14H19N3S. The molecule has 0 amide bonds. The van der Waals surface area contributed by atoms with E-state index in [4.69, 9.17) is 5.26 Å². The molecule has 0 spiro atoms. The molecule has 1 aromatic heterocycles. The number of thioether (sulfide) groups is 1. The number of nitrogens with zero attached hydrogens (tertiary/aromatic N) is 2. The van der Waals surface area contributed by atoms with E-state index in [0.717, 1.165) is 12.2 Å². The zero-order valence-corrected chi connectivity index (χ0v) is 11.6. The van der Waals surface area contributed by atoms with Gasteiger partial charge in [0.2, 0.25) is 0 Å². The van der Waals surface area contributed by atoms with Crippen LogP contribution in [0.4, 0.5) is 5.69 Å². The fourth-order valence-corrected chi connectivity index (χ4v) is 3.46. The number of nitrogens with one attached hydrogen (secondary N) is 1. The predicted molar refractivity (Wildman–Crippen MR) is 76.8 cm³/mol. The van der Waals surface area contributed by atoms with Gasteiger partial charge < -0.3 is 5.32 Å². The van der Waals surface area contributed by atoms with Crippen molar-refractivity contribution >= 4 is 17.4 Å². The summed E-state index contributed by atoms with van der Waals surface area (Å²) in [6.45, 7) is 0.925. The summed E-state index contributed by atoms with van der Waals surface area (Å²) in [5.41, 5.74) is 1.35. The third-order valence-electron chi connectivity index (χ3n) is 3.71. The van der Waals surface area contributed by atoms with E-state index in [9.17, 15) is 0 Å². The molecule has 4 heteroatoms. The molecule has 1 aliphatic carbocycles. The molecular weight excluding hydrogens is 242 g/mol. The van der Waals surface area contributed by atoms with Crippen LogP contribution in [0.3, 0.4) is 0 Å². The van der Waals surface area contributed by atoms with Gasteiger partial charge in [0.25, 0.3) is 0 Å². The molecule has 2 rings (SSSR count). The van der Waals surface area contributed by atoms with Crippen molar-refractivity contribution in [2.75, 3.05) is 18.1 Å². The molecule has 1 saturated carbocycles. The van der Waals surface area contributed by atoms with Crippen molar-refractivity contribution in [3.05, 3.63) is 24.0 Å². The second-order valence-electron chi connectivity index (χ2n) is 4.81. The molecule has 3 nitrogen and oxygen atoms in total. The van der Waals surface area contributed by atoms with Crippen molar-refractivity contribution in [1.82, 2.24) is 4.98 Å². The molecule has 18 heavy (non-hydrogen) atoms. The molecule has 0 aromatic carbocycles. The van der Waals surface area contributed by atoms with Gasteiger partial charge in [-0.05, 0) is 31.2 Å². The van der Waals surface area contributed by atoms with E-state index in [1.807, 2.05) is 23.9 Å². The first-order valence-electron chi connectivity index (χ1n) is 6.44. The Hall–Kier alpha value is -1.21. The van der Waals surface area contributed by atoms with Gasteiger partial charge in [-0.3, -0.25) is 0 Å². The van der Waals surface area contributed by atoms with E-state index >= 15 is 0 Å². The molecule has 1 aromatic rings. The number of anilines is 1. The van der Waals surface area contributed by atoms with E-state index in [0.29, 0.717) is 10.4 Å². The lowest BCUT2D eigenvalue weighted by atomic mass is 9.88. The van der Waals surface area contributed by atoms with Crippen LogP contribution in [0.5, 0.6) is 0 Å². The van der Waals surface area contributed by atoms with Crippen LogP contribution in [0.2, 0.25) is 0 Å². The minimum absolute atomic E-state index is 0.334. The van der Waals surface area contributed by atoms with Gasteiger partial charge >= 0.3 is 0 Å². The fraction of sp³-hybridized carbons (Fsp3) is 0.571. The van der Waals surface area contributed by atoms with E-state index < -0.39 is 0 Å². The van der Waals surface area contributed by atoms with Crippen LogP contribution in [0.25, 0.3) is 0 Å². The summed E-state index contributed by atoms with van der Waals surface area (Å²) in [4.78, 5) is 4.08. The minimum atomic E-state index is 0.334. The van der Waals surface area contributed by atoms with Crippen molar-refractivity contribution in [2.45, 2.75) is 36.9 Å². The number of pyridine rings is 1. The molecule has 0 unspecified atom stereocenters. The van der Waals surface area contributed by atoms with Gasteiger partial charge in [-0.25, -0.2) is 4.98 Å². The third kappa shape index (κ3) is 2.97. The Morgan fingerprint density at radius 3 is 2.89 bits per heavy atom. The van der Waals surface area contributed by atoms with Gasteiger partial charge in [0.05, 0.1) is 5.69 Å². The molecule has 1 aliphatic rings. The van der Waals surface area contributed by atoms with E-state index in [1.54, 1.807) is 6.20 Å². The summed E-state index contributed by atoms with van der Waals surface area (Å²) in [6.07, 6.45) is 10.4. The Kier molecular flexibility index (Phi) is 4.48. The highest BCUT2D eigenvalue weighted by Crippen LogP contribution is 2.38. The SMILES string of the molecule is CSC1(CNc2cccnc2C#N)CCCCC1. The van der Waals surface area contributed by atoms with Gasteiger partial charge in [0, 0.05) is 17.5 Å². The highest BCUT2D eigenvalue weighted by molar-refractivity contribution is 8.00. The summed E-state index contributed by atoms with van der Waals surface area (Å²) < 4.78 is 0.334. The van der Waals surface area contributed by atoms with Gasteiger partial charge in [0.1, 0.15) is 6.07 Å². The number of hydrogen-bond acceptors (Lipinski definition) is 4. The maximum atomic E-state index is 9.02. The van der Waals surface area contributed by atoms with Crippen LogP contribution in [0.15, 0.2) is 18.3 Å². The lowest BCUT2D eigenvalue weighted by Crippen LogP contribution is -2.35. The van der Waals surface area contributed by atoms with Crippen LogP contribution in [0, 0.1) is 11.3 Å². The zero-order valence-electron chi connectivity index (χ0n) is 10.8. The summed E-state index contributed by atoms with van der Waals surface area (Å²) in [7, 11) is 0. The van der Waals surface area contributed by atoms with E-state index in [1.165, 1.54) is 32.1 Å². The van der Waals surface area contributed by atoms with Crippen LogP contribution in [-0.4, -0.2) is 22.5 Å². The molecule has 1 N–H and O–H groups in total. The smallest absolute Gasteiger partial charge is 0.163 e. The van der Waals surface area contributed by atoms with Crippen LogP contribution in [0.1, 0.15) is 37.8 Å². The monoisotopic (exact) mass is 261 g/mol. The average molecular weight is 261 g/mol. The third-order valence-corrected chi connectivity index (χ3v) is 5.13. The zero-order chi connectivity index (χ0) is 12.8. The first-order valence-corrected chi connectivity index (χ1v) is 7.66. The first-order chi connectivity index (χ1) is 8.79. The van der Waals surface area contributed by atoms with Gasteiger partial charge in [-0.2, -0.15) is 17.0 Å². The van der Waals surface area contributed by atoms with Gasteiger partial charge in [0.15, 0.2) is 5.69 Å². The quantitative estimate of drug-likeness (QED) is 0.902. The normalized spacial score (nSPS) is 18.0. The second kappa shape index (κ2) is 6.10. The molecule has 96 valence electrons. The Morgan fingerprint density at radius 1 is 1.44 bits per heavy atom. The topological polar surface area (TPSA) is 48.7 Å². The van der Waals surface area contributed by atoms with Crippen LogP contribution >= 0.6 is 11.8 Å². The standard InChI is InChI=1S/C14H19N3S/c1-18-14(7-3-2-4-8-14)11-17-12-6-5-9-16-13(12)10-15/h5-6,9,17H,2-4,7-8,11H2,1H3. The lowest BCUT2D eigenvalue weighted by molar-refractivity contribution is 0.411. The van der Waals surface area contributed by atoms with Crippen molar-refractivity contribution in [3.8, 4) is 6.07 Å². The number of rotatable bonds is 4. The Bertz CT molecular complexity index is 433. The molecule has 1 heterocycles. The predicted octanol–water partition coefficient (Wildman–Crippen LogP) is 3.43. The highest BCUT2D eigenvalue weighted by Gasteiger charge is 2.30. The molecule has 0 bridgehead atoms. The molecule has 0 aliphatic heterocycles. The van der Waals surface area contributed by atoms with Crippen molar-refractivity contribution in [3.63, 3.8) is 0 Å². The van der Waals surface area contributed by atoms with Crippen molar-refractivity contribution in [1.29, 1.82) is 5.26 Å². The minimum Gasteiger partial charge on any atom is -0.381 e. The van der Waals surface area contributed by atoms with Crippen molar-refractivity contribution < 1.29 is 0 Å². The number of aromatic nitrogens is 1. The number of nitriles is 1. The summed E-state index contributed by atoms with van der Waals surface area (Å²) in [5, 5.41) is 12.4. The maximum absolute atomic E-state index is 9.02. The lowest BCUT2D eigenvalue weighted by Gasteiger charge is -2.36. The van der Waals surface area contributed by atoms with Crippen molar-refractivity contribution in [2.24, 2.45) is 0 Å².